The highest BCUT2D eigenvalue weighted by atomic mass is 15.2. The van der Waals surface area contributed by atoms with Crippen LogP contribution in [-0.2, 0) is 10.8 Å². The van der Waals surface area contributed by atoms with Crippen molar-refractivity contribution in [3.05, 3.63) is 205 Å². The Morgan fingerprint density at radius 2 is 0.625 bits per heavy atom. The molecule has 0 N–H and O–H groups in total. The van der Waals surface area contributed by atoms with Gasteiger partial charge in [-0.2, -0.15) is 0 Å². The first kappa shape index (κ1) is 33.8. The highest BCUT2D eigenvalue weighted by molar-refractivity contribution is 5.89. The van der Waals surface area contributed by atoms with Crippen LogP contribution >= 0.6 is 0 Å². The lowest BCUT2D eigenvalue weighted by Gasteiger charge is -2.42. The number of aromatic nitrogens is 2. The van der Waals surface area contributed by atoms with E-state index in [0.717, 1.165) is 44.8 Å². The highest BCUT2D eigenvalue weighted by Gasteiger charge is 2.37. The number of pyridine rings is 2. The van der Waals surface area contributed by atoms with Crippen molar-refractivity contribution in [3.63, 3.8) is 0 Å². The van der Waals surface area contributed by atoms with Crippen LogP contribution < -0.4 is 9.80 Å². The first-order chi connectivity index (χ1) is 27.3. The van der Waals surface area contributed by atoms with Gasteiger partial charge in [0.25, 0.3) is 0 Å². The molecule has 2 aliphatic rings. The number of hydrogen-bond donors (Lipinski definition) is 0. The Balaban J connectivity index is 1.000. The molecular weight excluding hydrogens is 681 g/mol. The van der Waals surface area contributed by atoms with Gasteiger partial charge in [0, 0.05) is 69.2 Å². The van der Waals surface area contributed by atoms with E-state index in [0.29, 0.717) is 0 Å². The molecule has 0 bridgehead atoms. The van der Waals surface area contributed by atoms with E-state index in [-0.39, 0.29) is 10.8 Å². The first-order valence-corrected chi connectivity index (χ1v) is 19.4. The average Bonchev–Trinajstić information content (AvgIpc) is 3.24. The Morgan fingerprint density at radius 1 is 0.321 bits per heavy atom. The summed E-state index contributed by atoms with van der Waals surface area (Å²) in [7, 11) is 0. The summed E-state index contributed by atoms with van der Waals surface area (Å²) < 4.78 is 0. The maximum absolute atomic E-state index is 4.75. The summed E-state index contributed by atoms with van der Waals surface area (Å²) in [4.78, 5) is 14.3. The fourth-order valence-electron chi connectivity index (χ4n) is 9.06. The summed E-state index contributed by atoms with van der Waals surface area (Å²) >= 11 is 0. The summed E-state index contributed by atoms with van der Waals surface area (Å²) in [5.41, 5.74) is 18.5. The van der Waals surface area contributed by atoms with Crippen molar-refractivity contribution in [3.8, 4) is 33.4 Å². The van der Waals surface area contributed by atoms with Gasteiger partial charge in [0.2, 0.25) is 0 Å². The van der Waals surface area contributed by atoms with Gasteiger partial charge in [0.1, 0.15) is 0 Å². The third kappa shape index (κ3) is 5.36. The second-order valence-electron chi connectivity index (χ2n) is 16.0. The molecule has 8 aromatic rings. The van der Waals surface area contributed by atoms with Crippen LogP contribution in [0.2, 0.25) is 0 Å². The number of nitrogens with zero attached hydrogens (tertiary/aromatic N) is 4. The van der Waals surface area contributed by atoms with Crippen molar-refractivity contribution in [1.82, 2.24) is 9.97 Å². The molecule has 0 atom stereocenters. The third-order valence-electron chi connectivity index (χ3n) is 12.0. The Morgan fingerprint density at radius 3 is 0.964 bits per heavy atom. The summed E-state index contributed by atoms with van der Waals surface area (Å²) in [6, 6.07) is 57.2. The minimum Gasteiger partial charge on any atom is -0.310 e. The fourth-order valence-corrected chi connectivity index (χ4v) is 9.06. The Kier molecular flexibility index (Phi) is 7.79. The zero-order valence-corrected chi connectivity index (χ0v) is 32.1. The minimum absolute atomic E-state index is 0.106. The molecule has 0 radical (unpaired) electrons. The monoisotopic (exact) mass is 722 g/mol. The van der Waals surface area contributed by atoms with Crippen LogP contribution in [0.4, 0.5) is 34.1 Å². The quantitative estimate of drug-likeness (QED) is 0.177. The van der Waals surface area contributed by atoms with Crippen molar-refractivity contribution in [2.24, 2.45) is 0 Å². The topological polar surface area (TPSA) is 32.3 Å². The molecule has 0 fully saturated rings. The summed E-state index contributed by atoms with van der Waals surface area (Å²) in [6.45, 7) is 9.29. The van der Waals surface area contributed by atoms with E-state index in [1.165, 1.54) is 45.0 Å². The lowest BCUT2D eigenvalue weighted by molar-refractivity contribution is 0.632. The summed E-state index contributed by atoms with van der Waals surface area (Å²) in [6.07, 6.45) is 7.79. The van der Waals surface area contributed by atoms with Crippen LogP contribution in [0.15, 0.2) is 183 Å². The summed E-state index contributed by atoms with van der Waals surface area (Å²) in [5.74, 6) is 0. The first-order valence-electron chi connectivity index (χ1n) is 19.4. The molecule has 4 nitrogen and oxygen atoms in total. The number of fused-ring (bicyclic) bond motifs is 4. The van der Waals surface area contributed by atoms with E-state index in [2.05, 4.69) is 195 Å². The van der Waals surface area contributed by atoms with E-state index < -0.39 is 0 Å². The molecule has 10 rings (SSSR count). The van der Waals surface area contributed by atoms with Gasteiger partial charge in [0.05, 0.1) is 22.7 Å². The minimum atomic E-state index is -0.106. The second kappa shape index (κ2) is 12.9. The van der Waals surface area contributed by atoms with E-state index in [4.69, 9.17) is 9.97 Å². The second-order valence-corrected chi connectivity index (χ2v) is 16.0. The molecule has 2 aliphatic heterocycles. The number of benzene rings is 6. The van der Waals surface area contributed by atoms with Crippen molar-refractivity contribution in [2.45, 2.75) is 38.5 Å². The van der Waals surface area contributed by atoms with Gasteiger partial charge in [-0.25, -0.2) is 0 Å². The number of rotatable bonds is 5. The SMILES string of the molecule is CC1(C)c2ccccc2N(c2cccc(-c3cncc(-c4cncc(-c5cccc(N6c7ccccc7C(C)(C)c7ccccc76)c5)c4)c3)c2)c2ccccc21. The molecule has 2 aromatic heterocycles. The van der Waals surface area contributed by atoms with E-state index in [1.807, 2.05) is 24.8 Å². The molecule has 0 aliphatic carbocycles. The van der Waals surface area contributed by atoms with Crippen molar-refractivity contribution in [2.75, 3.05) is 9.80 Å². The standard InChI is InChI=1S/C52H42N4/c1-51(2)43-19-5-9-23-47(43)55(48-24-10-6-20-44(48)51)41-17-13-15-35(29-41)37-27-39(33-53-31-37)40-28-38(32-54-34-40)36-16-14-18-42(30-36)56-49-25-11-7-21-45(49)52(3,4)46-22-8-12-26-50(46)56/h5-34H,1-4H3. The Labute approximate surface area is 329 Å². The van der Waals surface area contributed by atoms with E-state index in [1.54, 1.807) is 0 Å². The molecule has 4 heterocycles. The zero-order chi connectivity index (χ0) is 38.0. The molecule has 0 spiro atoms. The Bertz CT molecular complexity index is 2510. The molecule has 0 amide bonds. The van der Waals surface area contributed by atoms with Gasteiger partial charge in [-0.3, -0.25) is 9.97 Å². The Hall–Kier alpha value is -6.78. The van der Waals surface area contributed by atoms with Gasteiger partial charge < -0.3 is 9.80 Å². The predicted octanol–water partition coefficient (Wildman–Crippen LogP) is 13.7. The zero-order valence-electron chi connectivity index (χ0n) is 32.1. The van der Waals surface area contributed by atoms with Gasteiger partial charge >= 0.3 is 0 Å². The molecule has 6 aromatic carbocycles. The molecule has 0 saturated heterocycles. The van der Waals surface area contributed by atoms with Gasteiger partial charge in [-0.1, -0.05) is 125 Å². The molecule has 56 heavy (non-hydrogen) atoms. The fraction of sp³-hybridized carbons (Fsp3) is 0.115. The molecular formula is C52H42N4. The molecule has 4 heteroatoms. The van der Waals surface area contributed by atoms with Crippen LogP contribution in [-0.4, -0.2) is 9.97 Å². The van der Waals surface area contributed by atoms with Crippen molar-refractivity contribution < 1.29 is 0 Å². The van der Waals surface area contributed by atoms with Gasteiger partial charge in [0.15, 0.2) is 0 Å². The molecule has 270 valence electrons. The van der Waals surface area contributed by atoms with Gasteiger partial charge in [-0.05, 0) is 94.0 Å². The van der Waals surface area contributed by atoms with E-state index in [9.17, 15) is 0 Å². The predicted molar refractivity (Wildman–Crippen MR) is 232 cm³/mol. The van der Waals surface area contributed by atoms with E-state index >= 15 is 0 Å². The maximum Gasteiger partial charge on any atom is 0.0502 e. The number of para-hydroxylation sites is 4. The summed E-state index contributed by atoms with van der Waals surface area (Å²) in [5, 5.41) is 0. The van der Waals surface area contributed by atoms with Gasteiger partial charge in [-0.15, -0.1) is 0 Å². The highest BCUT2D eigenvalue weighted by Crippen LogP contribution is 2.53. The van der Waals surface area contributed by atoms with Crippen LogP contribution in [0.5, 0.6) is 0 Å². The van der Waals surface area contributed by atoms with Crippen molar-refractivity contribution in [1.29, 1.82) is 0 Å². The van der Waals surface area contributed by atoms with Crippen LogP contribution in [0.1, 0.15) is 49.9 Å². The normalized spacial score (nSPS) is 14.6. The largest absolute Gasteiger partial charge is 0.310 e. The van der Waals surface area contributed by atoms with Crippen LogP contribution in [0.3, 0.4) is 0 Å². The third-order valence-corrected chi connectivity index (χ3v) is 12.0. The number of anilines is 6. The molecule has 0 unspecified atom stereocenters. The van der Waals surface area contributed by atoms with Crippen molar-refractivity contribution >= 4 is 34.1 Å². The lowest BCUT2D eigenvalue weighted by atomic mass is 9.73. The maximum atomic E-state index is 4.75. The average molecular weight is 723 g/mol. The van der Waals surface area contributed by atoms with Crippen LogP contribution in [0.25, 0.3) is 33.4 Å². The molecule has 0 saturated carbocycles. The lowest BCUT2D eigenvalue weighted by Crippen LogP contribution is -2.30. The smallest absolute Gasteiger partial charge is 0.0502 e. The number of hydrogen-bond acceptors (Lipinski definition) is 4. The van der Waals surface area contributed by atoms with Crippen LogP contribution in [0, 0.1) is 0 Å².